The van der Waals surface area contributed by atoms with Gasteiger partial charge in [0.2, 0.25) is 26.6 Å². The highest BCUT2D eigenvalue weighted by molar-refractivity contribution is 7.91. The molecule has 0 aliphatic rings. The zero-order chi connectivity index (χ0) is 23.4. The standard InChI is InChI=1S/C24H21FN2O5S/c1-3-31-20-10-4-16(5-11-20)22-27-24(33(28,29)21-14-6-17(25)7-15-21)23(32-22)26-18-8-12-19(30-2)13-9-18/h4-15,26H,3H2,1-2H3. The number of hydrogen-bond acceptors (Lipinski definition) is 7. The molecule has 170 valence electrons. The molecule has 1 aromatic heterocycles. The van der Waals surface area contributed by atoms with Gasteiger partial charge in [-0.3, -0.25) is 0 Å². The van der Waals surface area contributed by atoms with Crippen LogP contribution in [-0.4, -0.2) is 27.1 Å². The average Bonchev–Trinajstić information content (AvgIpc) is 3.25. The van der Waals surface area contributed by atoms with Crippen LogP contribution in [0.15, 0.2) is 87.1 Å². The molecule has 0 amide bonds. The van der Waals surface area contributed by atoms with Gasteiger partial charge < -0.3 is 19.2 Å². The maximum atomic E-state index is 13.4. The molecule has 4 aromatic rings. The van der Waals surface area contributed by atoms with Crippen LogP contribution in [0.5, 0.6) is 11.5 Å². The van der Waals surface area contributed by atoms with Crippen LogP contribution in [-0.2, 0) is 9.84 Å². The van der Waals surface area contributed by atoms with Gasteiger partial charge in [0.05, 0.1) is 18.6 Å². The van der Waals surface area contributed by atoms with Crippen molar-refractivity contribution < 1.29 is 26.7 Å². The third-order valence-electron chi connectivity index (χ3n) is 4.73. The Balaban J connectivity index is 1.77. The Morgan fingerprint density at radius 3 is 2.18 bits per heavy atom. The highest BCUT2D eigenvalue weighted by Gasteiger charge is 2.29. The molecule has 0 aliphatic carbocycles. The van der Waals surface area contributed by atoms with Gasteiger partial charge in [0.15, 0.2) is 0 Å². The molecule has 9 heteroatoms. The molecular weight excluding hydrogens is 447 g/mol. The second-order valence-corrected chi connectivity index (χ2v) is 8.79. The van der Waals surface area contributed by atoms with Crippen molar-refractivity contribution in [1.29, 1.82) is 0 Å². The van der Waals surface area contributed by atoms with Crippen molar-refractivity contribution in [2.75, 3.05) is 19.0 Å². The lowest BCUT2D eigenvalue weighted by Crippen LogP contribution is -2.05. The maximum absolute atomic E-state index is 13.4. The topological polar surface area (TPSA) is 90.7 Å². The second-order valence-electron chi connectivity index (χ2n) is 6.92. The Labute approximate surface area is 190 Å². The third-order valence-corrected chi connectivity index (χ3v) is 6.41. The lowest BCUT2D eigenvalue weighted by atomic mass is 10.2. The summed E-state index contributed by atoms with van der Waals surface area (Å²) in [5.41, 5.74) is 1.14. The number of nitrogens with zero attached hydrogens (tertiary/aromatic N) is 1. The van der Waals surface area contributed by atoms with E-state index in [-0.39, 0.29) is 21.7 Å². The number of nitrogens with one attached hydrogen (secondary N) is 1. The quantitative estimate of drug-likeness (QED) is 0.343. The van der Waals surface area contributed by atoms with Crippen molar-refractivity contribution >= 4 is 21.4 Å². The number of oxazole rings is 1. The maximum Gasteiger partial charge on any atom is 0.238 e. The van der Waals surface area contributed by atoms with E-state index in [9.17, 15) is 12.8 Å². The normalized spacial score (nSPS) is 11.2. The molecule has 0 bridgehead atoms. The van der Waals surface area contributed by atoms with Crippen LogP contribution in [0.3, 0.4) is 0 Å². The van der Waals surface area contributed by atoms with Crippen LogP contribution < -0.4 is 14.8 Å². The minimum Gasteiger partial charge on any atom is -0.497 e. The van der Waals surface area contributed by atoms with E-state index in [1.807, 2.05) is 6.92 Å². The number of benzene rings is 3. The molecule has 0 atom stereocenters. The molecule has 0 fully saturated rings. The van der Waals surface area contributed by atoms with Gasteiger partial charge in [-0.1, -0.05) is 0 Å². The number of aromatic nitrogens is 1. The summed E-state index contributed by atoms with van der Waals surface area (Å²) in [5, 5.41) is 2.66. The molecule has 0 radical (unpaired) electrons. The van der Waals surface area contributed by atoms with Gasteiger partial charge in [0, 0.05) is 11.3 Å². The van der Waals surface area contributed by atoms with Crippen molar-refractivity contribution in [1.82, 2.24) is 4.98 Å². The van der Waals surface area contributed by atoms with Gasteiger partial charge in [0.25, 0.3) is 0 Å². The minimum atomic E-state index is -4.11. The number of methoxy groups -OCH3 is 1. The number of sulfone groups is 1. The Bertz CT molecular complexity index is 1330. The molecule has 1 heterocycles. The number of hydrogen-bond donors (Lipinski definition) is 1. The molecule has 33 heavy (non-hydrogen) atoms. The van der Waals surface area contributed by atoms with E-state index in [1.165, 1.54) is 12.1 Å². The first-order chi connectivity index (χ1) is 15.9. The van der Waals surface area contributed by atoms with Crippen LogP contribution in [0.25, 0.3) is 11.5 Å². The lowest BCUT2D eigenvalue weighted by molar-refractivity contribution is 0.340. The summed E-state index contributed by atoms with van der Waals surface area (Å²) in [6.07, 6.45) is 0. The van der Waals surface area contributed by atoms with Gasteiger partial charge in [-0.15, -0.1) is 0 Å². The molecule has 0 unspecified atom stereocenters. The predicted octanol–water partition coefficient (Wildman–Crippen LogP) is 5.46. The second kappa shape index (κ2) is 9.33. The molecule has 4 rings (SSSR count). The van der Waals surface area contributed by atoms with Crippen molar-refractivity contribution in [2.24, 2.45) is 0 Å². The number of ether oxygens (including phenoxy) is 2. The van der Waals surface area contributed by atoms with Gasteiger partial charge in [-0.25, -0.2) is 12.8 Å². The van der Waals surface area contributed by atoms with E-state index in [2.05, 4.69) is 10.3 Å². The number of halogens is 1. The van der Waals surface area contributed by atoms with Crippen molar-refractivity contribution in [3.63, 3.8) is 0 Å². The van der Waals surface area contributed by atoms with Crippen molar-refractivity contribution in [3.8, 4) is 23.0 Å². The number of anilines is 2. The summed E-state index contributed by atoms with van der Waals surface area (Å²) in [6.45, 7) is 2.40. The Morgan fingerprint density at radius 1 is 0.939 bits per heavy atom. The van der Waals surface area contributed by atoms with E-state index in [1.54, 1.807) is 55.6 Å². The summed E-state index contributed by atoms with van der Waals surface area (Å²) >= 11 is 0. The average molecular weight is 469 g/mol. The van der Waals surface area contributed by atoms with Crippen molar-refractivity contribution in [3.05, 3.63) is 78.6 Å². The SMILES string of the molecule is CCOc1ccc(-c2nc(S(=O)(=O)c3ccc(F)cc3)c(Nc3ccc(OC)cc3)o2)cc1. The van der Waals surface area contributed by atoms with E-state index in [0.717, 1.165) is 12.1 Å². The van der Waals surface area contributed by atoms with Gasteiger partial charge >= 0.3 is 0 Å². The zero-order valence-corrected chi connectivity index (χ0v) is 18.7. The Morgan fingerprint density at radius 2 is 1.58 bits per heavy atom. The third kappa shape index (κ3) is 4.83. The summed E-state index contributed by atoms with van der Waals surface area (Å²) in [5.74, 6) is 0.819. The molecule has 0 saturated carbocycles. The summed E-state index contributed by atoms with van der Waals surface area (Å²) < 4.78 is 56.4. The molecule has 1 N–H and O–H groups in total. The smallest absolute Gasteiger partial charge is 0.238 e. The monoisotopic (exact) mass is 468 g/mol. The van der Waals surface area contributed by atoms with Crippen LogP contribution in [0.1, 0.15) is 6.92 Å². The van der Waals surface area contributed by atoms with Gasteiger partial charge in [-0.05, 0) is 79.7 Å². The number of rotatable bonds is 8. The fourth-order valence-electron chi connectivity index (χ4n) is 3.08. The lowest BCUT2D eigenvalue weighted by Gasteiger charge is -2.07. The highest BCUT2D eigenvalue weighted by Crippen LogP contribution is 2.35. The molecule has 0 spiro atoms. The Hall–Kier alpha value is -3.85. The van der Waals surface area contributed by atoms with Gasteiger partial charge in [-0.2, -0.15) is 4.98 Å². The first-order valence-electron chi connectivity index (χ1n) is 10.1. The molecule has 0 saturated heterocycles. The molecule has 0 aliphatic heterocycles. The van der Waals surface area contributed by atoms with E-state index >= 15 is 0 Å². The van der Waals surface area contributed by atoms with E-state index in [0.29, 0.717) is 29.4 Å². The minimum absolute atomic E-state index is 0.0617. The van der Waals surface area contributed by atoms with E-state index in [4.69, 9.17) is 13.9 Å². The molecular formula is C24H21FN2O5S. The first-order valence-corrected chi connectivity index (χ1v) is 11.5. The summed E-state index contributed by atoms with van der Waals surface area (Å²) in [6, 6.07) is 18.3. The van der Waals surface area contributed by atoms with Crippen molar-refractivity contribution in [2.45, 2.75) is 16.8 Å². The summed E-state index contributed by atoms with van der Waals surface area (Å²) in [4.78, 5) is 4.18. The fraction of sp³-hybridized carbons (Fsp3) is 0.125. The fourth-order valence-corrected chi connectivity index (χ4v) is 4.34. The van der Waals surface area contributed by atoms with Gasteiger partial charge in [0.1, 0.15) is 17.3 Å². The predicted molar refractivity (Wildman–Crippen MR) is 121 cm³/mol. The van der Waals surface area contributed by atoms with Crippen LogP contribution in [0, 0.1) is 5.82 Å². The summed E-state index contributed by atoms with van der Waals surface area (Å²) in [7, 11) is -2.56. The zero-order valence-electron chi connectivity index (χ0n) is 17.9. The van der Waals surface area contributed by atoms with Crippen LogP contribution in [0.2, 0.25) is 0 Å². The van der Waals surface area contributed by atoms with Crippen LogP contribution in [0.4, 0.5) is 16.0 Å². The Kier molecular flexibility index (Phi) is 6.32. The molecule has 7 nitrogen and oxygen atoms in total. The largest absolute Gasteiger partial charge is 0.497 e. The van der Waals surface area contributed by atoms with Crippen LogP contribution >= 0.6 is 0 Å². The molecule has 3 aromatic carbocycles. The highest BCUT2D eigenvalue weighted by atomic mass is 32.2. The first kappa shape index (κ1) is 22.3. The van der Waals surface area contributed by atoms with E-state index < -0.39 is 15.7 Å².